The summed E-state index contributed by atoms with van der Waals surface area (Å²) in [7, 11) is 0. The Morgan fingerprint density at radius 3 is 2.09 bits per heavy atom. The summed E-state index contributed by atoms with van der Waals surface area (Å²) in [6, 6.07) is 21.7. The molecule has 1 aliphatic carbocycles. The van der Waals surface area contributed by atoms with Crippen molar-refractivity contribution in [2.24, 2.45) is 11.8 Å². The van der Waals surface area contributed by atoms with E-state index in [0.717, 1.165) is 58.7 Å². The molecular formula is C48H52F3IrN2O2-. The number of alkyl halides is 3. The van der Waals surface area contributed by atoms with Gasteiger partial charge in [-0.1, -0.05) is 87.4 Å². The van der Waals surface area contributed by atoms with Gasteiger partial charge >= 0.3 is 6.18 Å². The first-order chi connectivity index (χ1) is 25.8. The number of ketones is 1. The van der Waals surface area contributed by atoms with Crippen molar-refractivity contribution in [3.8, 4) is 28.5 Å². The maximum atomic E-state index is 14.7. The second-order valence-corrected chi connectivity index (χ2v) is 16.3. The number of hydrogen-bond donors (Lipinski definition) is 1. The van der Waals surface area contributed by atoms with Crippen LogP contribution in [-0.2, 0) is 41.9 Å². The van der Waals surface area contributed by atoms with E-state index in [9.17, 15) is 28.3 Å². The first kappa shape index (κ1) is 44.4. The molecule has 4 aromatic carbocycles. The number of nitrogens with zero attached hydrogens (tertiary/aromatic N) is 2. The van der Waals surface area contributed by atoms with Crippen LogP contribution in [0.2, 0.25) is 0 Å². The van der Waals surface area contributed by atoms with Crippen LogP contribution in [0.5, 0.6) is 0 Å². The number of aliphatic hydroxyl groups is 1. The number of carbonyl (C=O) groups is 1. The smallest absolute Gasteiger partial charge is 0.417 e. The van der Waals surface area contributed by atoms with E-state index in [4.69, 9.17) is 0 Å². The number of nitriles is 1. The summed E-state index contributed by atoms with van der Waals surface area (Å²) in [6.45, 7) is 20.4. The van der Waals surface area contributed by atoms with Crippen molar-refractivity contribution < 1.29 is 43.2 Å². The normalized spacial score (nSPS) is 13.6. The maximum absolute atomic E-state index is 14.7. The predicted octanol–water partition coefficient (Wildman–Crippen LogP) is 13.5. The van der Waals surface area contributed by atoms with Gasteiger partial charge in [0.15, 0.2) is 5.78 Å². The molecular weight excluding hydrogens is 886 g/mol. The van der Waals surface area contributed by atoms with Gasteiger partial charge < -0.3 is 10.1 Å². The molecule has 0 aliphatic heterocycles. The van der Waals surface area contributed by atoms with Crippen LogP contribution in [0.3, 0.4) is 0 Å². The fourth-order valence-electron chi connectivity index (χ4n) is 8.04. The van der Waals surface area contributed by atoms with E-state index < -0.39 is 17.2 Å². The van der Waals surface area contributed by atoms with Crippen LogP contribution in [-0.4, -0.2) is 15.9 Å². The van der Waals surface area contributed by atoms with Gasteiger partial charge in [0.25, 0.3) is 0 Å². The van der Waals surface area contributed by atoms with Crippen molar-refractivity contribution in [3.63, 3.8) is 0 Å². The molecule has 1 heterocycles. The minimum absolute atomic E-state index is 0. The fraction of sp³-hybridized carbons (Fsp3) is 0.396. The average molecular weight is 938 g/mol. The van der Waals surface area contributed by atoms with Crippen LogP contribution in [0.25, 0.3) is 43.9 Å². The first-order valence-electron chi connectivity index (χ1n) is 19.3. The van der Waals surface area contributed by atoms with Crippen molar-refractivity contribution in [2.75, 3.05) is 0 Å². The van der Waals surface area contributed by atoms with E-state index in [2.05, 4.69) is 50.0 Å². The van der Waals surface area contributed by atoms with Crippen LogP contribution in [0.4, 0.5) is 13.2 Å². The monoisotopic (exact) mass is 938 g/mol. The van der Waals surface area contributed by atoms with Crippen molar-refractivity contribution in [3.05, 3.63) is 112 Å². The molecule has 1 aromatic heterocycles. The van der Waals surface area contributed by atoms with Gasteiger partial charge in [-0.15, -0.1) is 34.9 Å². The topological polar surface area (TPSA) is 74.0 Å². The van der Waals surface area contributed by atoms with E-state index in [0.29, 0.717) is 33.2 Å². The largest absolute Gasteiger partial charge is 0.512 e. The minimum atomic E-state index is -4.56. The molecule has 5 aromatic rings. The van der Waals surface area contributed by atoms with E-state index in [1.54, 1.807) is 30.5 Å². The number of fused-ring (bicyclic) bond motifs is 7. The second-order valence-electron chi connectivity index (χ2n) is 16.3. The Kier molecular flexibility index (Phi) is 13.5. The number of hydrogen-bond acceptors (Lipinski definition) is 4. The second kappa shape index (κ2) is 17.0. The summed E-state index contributed by atoms with van der Waals surface area (Å²) in [4.78, 5) is 16.4. The summed E-state index contributed by atoms with van der Waals surface area (Å²) in [5, 5.41) is 22.1. The van der Waals surface area contributed by atoms with E-state index in [1.165, 1.54) is 12.1 Å². The summed E-state index contributed by atoms with van der Waals surface area (Å²) in [5.74, 6) is 0.547. The molecule has 1 aliphatic rings. The number of pyridine rings is 1. The standard InChI is InChI=1S/C35H28F3N2.C13H24O2.Ir/c1-19-13-21(16-22(14-19)33(2,3)4)32-25-10-9-24-27(23(25)11-12-40-32)17-29(35(36,37)38)30-26-8-7-20(18-39)15-28(26)34(5,6)31(24)30;1-5-10(6-2)12(14)9-13(15)11(7-3)8-4;/h7-12,14-17H,1-6H3;9-11,14H,5-8H2,1-4H3;/q-1;;/b;12-9-;. The third kappa shape index (κ3) is 8.50. The number of allylic oxidation sites excluding steroid dienone is 2. The van der Waals surface area contributed by atoms with Crippen molar-refractivity contribution >= 4 is 27.3 Å². The molecule has 0 unspecified atom stereocenters. The zero-order chi connectivity index (χ0) is 40.6. The Balaban J connectivity index is 0.000000372. The van der Waals surface area contributed by atoms with Crippen LogP contribution in [0.15, 0.2) is 72.6 Å². The molecule has 0 spiro atoms. The third-order valence-electron chi connectivity index (χ3n) is 11.3. The van der Waals surface area contributed by atoms with E-state index in [-0.39, 0.29) is 54.5 Å². The number of halogens is 3. The summed E-state index contributed by atoms with van der Waals surface area (Å²) in [5.41, 5.74) is 4.73. The summed E-state index contributed by atoms with van der Waals surface area (Å²) in [6.07, 6.45) is 2.01. The molecule has 0 saturated carbocycles. The molecule has 0 bridgehead atoms. The Labute approximate surface area is 343 Å². The number of benzene rings is 4. The Bertz CT molecular complexity index is 2340. The molecule has 1 N–H and O–H groups in total. The van der Waals surface area contributed by atoms with Gasteiger partial charge in [0.2, 0.25) is 0 Å². The van der Waals surface area contributed by atoms with Crippen molar-refractivity contribution in [1.29, 1.82) is 5.26 Å². The van der Waals surface area contributed by atoms with Gasteiger partial charge in [-0.2, -0.15) is 18.4 Å². The molecule has 56 heavy (non-hydrogen) atoms. The van der Waals surface area contributed by atoms with Crippen molar-refractivity contribution in [2.45, 2.75) is 112 Å². The van der Waals surface area contributed by atoms with Gasteiger partial charge in [0.05, 0.1) is 23.0 Å². The zero-order valence-corrected chi connectivity index (χ0v) is 36.4. The minimum Gasteiger partial charge on any atom is -0.512 e. The van der Waals surface area contributed by atoms with Crippen LogP contribution in [0.1, 0.15) is 121 Å². The quantitative estimate of drug-likeness (QED) is 0.0728. The van der Waals surface area contributed by atoms with Crippen LogP contribution < -0.4 is 0 Å². The number of rotatable bonds is 8. The van der Waals surface area contributed by atoms with Gasteiger partial charge in [-0.25, -0.2) is 0 Å². The molecule has 0 atom stereocenters. The third-order valence-corrected chi connectivity index (χ3v) is 11.3. The number of aryl methyl sites for hydroxylation is 1. The molecule has 0 fully saturated rings. The fourth-order valence-corrected chi connectivity index (χ4v) is 8.04. The molecule has 8 heteroatoms. The van der Waals surface area contributed by atoms with Crippen LogP contribution in [0, 0.1) is 36.2 Å². The molecule has 0 saturated heterocycles. The van der Waals surface area contributed by atoms with Gasteiger partial charge in [-0.05, 0) is 105 Å². The van der Waals surface area contributed by atoms with Gasteiger partial charge in [0.1, 0.15) is 0 Å². The van der Waals surface area contributed by atoms with E-state index >= 15 is 0 Å². The zero-order valence-electron chi connectivity index (χ0n) is 34.1. The molecule has 0 amide bonds. The molecule has 1 radical (unpaired) electrons. The predicted molar refractivity (Wildman–Crippen MR) is 218 cm³/mol. The number of aromatic nitrogens is 1. The van der Waals surface area contributed by atoms with Crippen molar-refractivity contribution in [1.82, 2.24) is 4.98 Å². The number of aliphatic hydroxyl groups excluding tert-OH is 1. The van der Waals surface area contributed by atoms with Crippen LogP contribution >= 0.6 is 0 Å². The first-order valence-corrected chi connectivity index (χ1v) is 19.3. The number of carbonyl (C=O) groups excluding carboxylic acids is 1. The Morgan fingerprint density at radius 2 is 1.52 bits per heavy atom. The average Bonchev–Trinajstić information content (AvgIpc) is 3.37. The summed E-state index contributed by atoms with van der Waals surface area (Å²) < 4.78 is 44.2. The SMILES string of the molecule is CCC(CC)C(=O)/C=C(\O)C(CC)CC.Cc1[c-]c(-c2nccc3c2ccc2c4c(c(C(F)(F)F)cc23)-c2ccc(C#N)cc2C4(C)C)cc(C(C)(C)C)c1.[Ir]. The maximum Gasteiger partial charge on any atom is 0.417 e. The van der Waals surface area contributed by atoms with Gasteiger partial charge in [0, 0.05) is 49.6 Å². The van der Waals surface area contributed by atoms with Gasteiger partial charge in [-0.3, -0.25) is 4.79 Å². The van der Waals surface area contributed by atoms with E-state index in [1.807, 2.05) is 60.6 Å². The Morgan fingerprint density at radius 1 is 0.893 bits per heavy atom. The Hall–Kier alpha value is -4.31. The molecule has 297 valence electrons. The summed E-state index contributed by atoms with van der Waals surface area (Å²) >= 11 is 0. The molecule has 4 nitrogen and oxygen atoms in total. The molecule has 6 rings (SSSR count).